The minimum absolute atomic E-state index is 0.110. The van der Waals surface area contributed by atoms with E-state index >= 15 is 0 Å². The van der Waals surface area contributed by atoms with Crippen LogP contribution in [0.3, 0.4) is 0 Å². The second-order valence-electron chi connectivity index (χ2n) is 10.3. The number of ether oxygens (including phenoxy) is 1. The minimum Gasteiger partial charge on any atom is -0.748 e. The first-order chi connectivity index (χ1) is 20.9. The third-order valence-corrected chi connectivity index (χ3v) is 9.38. The van der Waals surface area contributed by atoms with Crippen LogP contribution < -0.4 is 18.9 Å². The number of fused-ring (bicyclic) bond motifs is 2. The van der Waals surface area contributed by atoms with Gasteiger partial charge in [0.1, 0.15) is 4.70 Å². The Morgan fingerprint density at radius 2 is 1.75 bits per heavy atom. The van der Waals surface area contributed by atoms with Crippen molar-refractivity contribution in [3.63, 3.8) is 0 Å². The standard InChI is InChI=1S/C31H31N3O7S3/c1-3-22(19-31-34(21-29(35)32-43(2,36)37)25-12-7-8-13-28(25)42-31)18-30-33(16-9-17-44(38,39)40)26-20-24(14-15-27(26)41-30)23-10-5-4-6-11-23/h4-8,10-15,18-20H,3,9,16-17,21H2,1-2H3,(H-,32,35,38,39,40). The minimum atomic E-state index is -4.39. The van der Waals surface area contributed by atoms with E-state index in [0.717, 1.165) is 43.9 Å². The number of nitrogens with zero attached hydrogens (tertiary/aromatic N) is 2. The van der Waals surface area contributed by atoms with Gasteiger partial charge in [-0.3, -0.25) is 4.79 Å². The van der Waals surface area contributed by atoms with Crippen LogP contribution >= 0.6 is 11.3 Å². The molecule has 5 rings (SSSR count). The Hall–Kier alpha value is -4.04. The largest absolute Gasteiger partial charge is 0.748 e. The van der Waals surface area contributed by atoms with Crippen LogP contribution in [0.4, 0.5) is 5.69 Å². The molecule has 1 aliphatic rings. The molecule has 0 saturated heterocycles. The van der Waals surface area contributed by atoms with Crippen LogP contribution in [0, 0.1) is 0 Å². The Kier molecular flexibility index (Phi) is 9.20. The van der Waals surface area contributed by atoms with Crippen molar-refractivity contribution in [3.05, 3.63) is 95.3 Å². The normalized spacial score (nSPS) is 14.6. The number of nitrogens with one attached hydrogen (secondary N) is 1. The number of thiazole rings is 1. The molecule has 2 heterocycles. The smallest absolute Gasteiger partial charge is 0.299 e. The molecule has 0 aliphatic carbocycles. The molecule has 1 aliphatic heterocycles. The lowest BCUT2D eigenvalue weighted by atomic mass is 10.0. The first-order valence-electron chi connectivity index (χ1n) is 13.8. The molecule has 10 nitrogen and oxygen atoms in total. The van der Waals surface area contributed by atoms with E-state index in [1.807, 2.05) is 101 Å². The second kappa shape index (κ2) is 12.9. The average molecular weight is 654 g/mol. The van der Waals surface area contributed by atoms with Gasteiger partial charge in [0.25, 0.3) is 10.9 Å². The number of hydrogen-bond donors (Lipinski definition) is 1. The summed E-state index contributed by atoms with van der Waals surface area (Å²) in [4.78, 5) is 14.5. The predicted molar refractivity (Wildman–Crippen MR) is 170 cm³/mol. The van der Waals surface area contributed by atoms with Gasteiger partial charge < -0.3 is 14.2 Å². The number of rotatable bonds is 11. The van der Waals surface area contributed by atoms with E-state index in [9.17, 15) is 26.2 Å². The fourth-order valence-corrected chi connectivity index (χ4v) is 7.02. The van der Waals surface area contributed by atoms with Crippen LogP contribution in [0.2, 0.25) is 0 Å². The van der Waals surface area contributed by atoms with Crippen molar-refractivity contribution >= 4 is 59.4 Å². The van der Waals surface area contributed by atoms with E-state index in [4.69, 9.17) is 4.74 Å². The molecule has 1 aromatic heterocycles. The highest BCUT2D eigenvalue weighted by atomic mass is 32.2. The van der Waals surface area contributed by atoms with Crippen LogP contribution in [0.25, 0.3) is 27.4 Å². The maximum Gasteiger partial charge on any atom is 0.299 e. The van der Waals surface area contributed by atoms with Crippen molar-refractivity contribution in [1.29, 1.82) is 0 Å². The molecule has 0 unspecified atom stereocenters. The van der Waals surface area contributed by atoms with Gasteiger partial charge in [-0.1, -0.05) is 66.8 Å². The summed E-state index contributed by atoms with van der Waals surface area (Å²) >= 11 is 1.46. The molecule has 44 heavy (non-hydrogen) atoms. The van der Waals surface area contributed by atoms with Crippen LogP contribution in [0.5, 0.6) is 5.75 Å². The molecule has 1 amide bonds. The van der Waals surface area contributed by atoms with Gasteiger partial charge in [0.15, 0.2) is 5.75 Å². The van der Waals surface area contributed by atoms with Gasteiger partial charge in [-0.25, -0.2) is 21.6 Å². The zero-order chi connectivity index (χ0) is 31.5. The topological polar surface area (TPSA) is 137 Å². The first kappa shape index (κ1) is 31.4. The van der Waals surface area contributed by atoms with Gasteiger partial charge in [0.05, 0.1) is 22.1 Å². The Labute approximate surface area is 260 Å². The number of aromatic nitrogens is 1. The highest BCUT2D eigenvalue weighted by Gasteiger charge is 2.28. The third kappa shape index (κ3) is 7.72. The van der Waals surface area contributed by atoms with Gasteiger partial charge in [-0.05, 0) is 47.7 Å². The van der Waals surface area contributed by atoms with E-state index in [1.54, 1.807) is 4.57 Å². The summed E-state index contributed by atoms with van der Waals surface area (Å²) in [6.45, 7) is 2.02. The predicted octanol–water partition coefficient (Wildman–Crippen LogP) is 4.40. The molecule has 1 N–H and O–H groups in total. The molecule has 0 atom stereocenters. The Morgan fingerprint density at radius 1 is 1.02 bits per heavy atom. The zero-order valence-corrected chi connectivity index (χ0v) is 26.5. The number of carbonyl (C=O) groups excluding carboxylic acids is 1. The number of para-hydroxylation sites is 1. The molecule has 0 radical (unpaired) electrons. The summed E-state index contributed by atoms with van der Waals surface area (Å²) in [6.07, 6.45) is 5.42. The van der Waals surface area contributed by atoms with Crippen LogP contribution in [0.1, 0.15) is 24.8 Å². The molecule has 0 fully saturated rings. The summed E-state index contributed by atoms with van der Waals surface area (Å²) in [5, 5.41) is 0.731. The highest BCUT2D eigenvalue weighted by molar-refractivity contribution is 7.89. The zero-order valence-electron chi connectivity index (χ0n) is 24.1. The monoisotopic (exact) mass is 653 g/mol. The summed E-state index contributed by atoms with van der Waals surface area (Å²) in [5.41, 5.74) is 4.36. The molecule has 13 heteroatoms. The fourth-order valence-electron chi connectivity index (χ4n) is 4.92. The molecular formula is C31H31N3O7S3. The van der Waals surface area contributed by atoms with Gasteiger partial charge in [-0.2, -0.15) is 4.57 Å². The lowest BCUT2D eigenvalue weighted by molar-refractivity contribution is -0.655. The lowest BCUT2D eigenvalue weighted by Crippen LogP contribution is -2.45. The Morgan fingerprint density at radius 3 is 2.45 bits per heavy atom. The van der Waals surface area contributed by atoms with Crippen molar-refractivity contribution in [1.82, 2.24) is 4.72 Å². The number of benzene rings is 3. The second-order valence-corrected chi connectivity index (χ2v) is 14.6. The fraction of sp³-hybridized carbons (Fsp3) is 0.226. The number of sulfonamides is 1. The number of hydrogen-bond acceptors (Lipinski definition) is 9. The van der Waals surface area contributed by atoms with E-state index < -0.39 is 31.8 Å². The number of amides is 1. The molecule has 0 bridgehead atoms. The van der Waals surface area contributed by atoms with Crippen molar-refractivity contribution in [2.75, 3.05) is 23.5 Å². The Bertz CT molecular complexity index is 1980. The number of allylic oxidation sites excluding steroid dienone is 2. The van der Waals surface area contributed by atoms with Crippen LogP contribution in [-0.4, -0.2) is 45.8 Å². The molecule has 0 spiro atoms. The quantitative estimate of drug-likeness (QED) is 0.186. The maximum atomic E-state index is 12.6. The Balaban J connectivity index is 1.53. The van der Waals surface area contributed by atoms with E-state index in [-0.39, 0.29) is 19.5 Å². The average Bonchev–Trinajstić information content (AvgIpc) is 3.48. The summed E-state index contributed by atoms with van der Waals surface area (Å²) in [7, 11) is -8.11. The number of anilines is 1. The van der Waals surface area contributed by atoms with Gasteiger partial charge in [0.2, 0.25) is 28.0 Å². The lowest BCUT2D eigenvalue weighted by Gasteiger charge is -2.19. The maximum absolute atomic E-state index is 12.6. The van der Waals surface area contributed by atoms with Crippen LogP contribution in [0.15, 0.2) is 90.3 Å². The number of carbonyl (C=O) groups is 1. The third-order valence-electron chi connectivity index (χ3n) is 6.88. The summed E-state index contributed by atoms with van der Waals surface area (Å²) in [6, 6.07) is 23.2. The van der Waals surface area contributed by atoms with E-state index in [0.29, 0.717) is 18.1 Å². The molecular weight excluding hydrogens is 623 g/mol. The summed E-state index contributed by atoms with van der Waals surface area (Å²) < 4.78 is 68.4. The van der Waals surface area contributed by atoms with Crippen molar-refractivity contribution in [2.45, 2.75) is 26.3 Å². The highest BCUT2D eigenvalue weighted by Crippen LogP contribution is 2.42. The molecule has 3 aromatic carbocycles. The van der Waals surface area contributed by atoms with Crippen molar-refractivity contribution < 1.29 is 35.5 Å². The molecule has 230 valence electrons. The summed E-state index contributed by atoms with van der Waals surface area (Å²) in [5.74, 6) is -0.0802. The van der Waals surface area contributed by atoms with Gasteiger partial charge in [0, 0.05) is 30.5 Å². The van der Waals surface area contributed by atoms with E-state index in [1.165, 1.54) is 11.3 Å². The van der Waals surface area contributed by atoms with E-state index in [2.05, 4.69) is 0 Å². The first-order valence-corrected chi connectivity index (χ1v) is 18.1. The van der Waals surface area contributed by atoms with Crippen molar-refractivity contribution in [2.24, 2.45) is 0 Å². The van der Waals surface area contributed by atoms with Crippen LogP contribution in [-0.2, 0) is 31.5 Å². The molecule has 4 aromatic rings. The van der Waals surface area contributed by atoms with Gasteiger partial charge >= 0.3 is 0 Å². The van der Waals surface area contributed by atoms with Gasteiger partial charge in [-0.15, -0.1) is 0 Å². The van der Waals surface area contributed by atoms with Crippen molar-refractivity contribution in [3.8, 4) is 16.9 Å². The SMILES string of the molecule is CCC(/C=C1\Oc2ccc(-c3ccccc3)cc2N1CCCS(=O)(=O)[O-])=C\c1sc2ccccc2[n+]1CC(=O)NS(C)(=O)=O. The molecule has 0 saturated carbocycles.